The molecule has 0 aliphatic carbocycles. The maximum absolute atomic E-state index is 12.5. The molecule has 2 rings (SSSR count). The van der Waals surface area contributed by atoms with Gasteiger partial charge in [-0.15, -0.1) is 0 Å². The lowest BCUT2D eigenvalue weighted by molar-refractivity contribution is -0.140. The van der Waals surface area contributed by atoms with Crippen molar-refractivity contribution in [2.75, 3.05) is 5.32 Å². The Labute approximate surface area is 177 Å². The SMILES string of the molecule is CC(C)CC(=O)Nc1ccc(-c2ccc(S(=O)(=O)N[C@H](C(=O)O)C(C)C)cc2)cc1. The van der Waals surface area contributed by atoms with E-state index in [-0.39, 0.29) is 16.7 Å². The Kier molecular flexibility index (Phi) is 7.75. The molecule has 0 unspecified atom stereocenters. The number of carbonyl (C=O) groups is 2. The van der Waals surface area contributed by atoms with Gasteiger partial charge < -0.3 is 10.4 Å². The molecule has 0 fully saturated rings. The molecule has 8 heteroatoms. The lowest BCUT2D eigenvalue weighted by Gasteiger charge is -2.18. The number of anilines is 1. The van der Waals surface area contributed by atoms with E-state index in [9.17, 15) is 23.1 Å². The van der Waals surface area contributed by atoms with Gasteiger partial charge in [-0.05, 0) is 47.2 Å². The molecule has 0 bridgehead atoms. The van der Waals surface area contributed by atoms with Gasteiger partial charge in [-0.25, -0.2) is 8.42 Å². The van der Waals surface area contributed by atoms with Crippen molar-refractivity contribution in [3.8, 4) is 11.1 Å². The minimum atomic E-state index is -3.96. The fraction of sp³-hybridized carbons (Fsp3) is 0.364. The highest BCUT2D eigenvalue weighted by atomic mass is 32.2. The van der Waals surface area contributed by atoms with Crippen LogP contribution in [0.4, 0.5) is 5.69 Å². The first-order valence-electron chi connectivity index (χ1n) is 9.75. The van der Waals surface area contributed by atoms with Gasteiger partial charge in [-0.2, -0.15) is 4.72 Å². The van der Waals surface area contributed by atoms with E-state index in [0.717, 1.165) is 11.1 Å². The fourth-order valence-electron chi connectivity index (χ4n) is 2.86. The summed E-state index contributed by atoms with van der Waals surface area (Å²) in [4.78, 5) is 23.1. The summed E-state index contributed by atoms with van der Waals surface area (Å²) in [5.74, 6) is -1.37. The lowest BCUT2D eigenvalue weighted by atomic mass is 10.1. The number of rotatable bonds is 9. The van der Waals surface area contributed by atoms with Crippen LogP contribution in [0, 0.1) is 11.8 Å². The van der Waals surface area contributed by atoms with Gasteiger partial charge in [-0.1, -0.05) is 52.0 Å². The highest BCUT2D eigenvalue weighted by Crippen LogP contribution is 2.23. The molecule has 0 spiro atoms. The zero-order valence-corrected chi connectivity index (χ0v) is 18.4. The standard InChI is InChI=1S/C22H28N2O5S/c1-14(2)13-20(25)23-18-9-5-16(6-10-18)17-7-11-19(12-8-17)30(28,29)24-21(15(3)4)22(26)27/h5-12,14-15,21,24H,13H2,1-4H3,(H,23,25)(H,26,27)/t21-/m0/s1. The molecule has 0 aliphatic heterocycles. The van der Waals surface area contributed by atoms with Crippen molar-refractivity contribution in [3.63, 3.8) is 0 Å². The van der Waals surface area contributed by atoms with E-state index in [2.05, 4.69) is 10.0 Å². The number of benzene rings is 2. The van der Waals surface area contributed by atoms with E-state index in [1.54, 1.807) is 38.1 Å². The first-order chi connectivity index (χ1) is 14.0. The number of carboxylic acid groups (broad SMARTS) is 1. The summed E-state index contributed by atoms with van der Waals surface area (Å²) in [6.07, 6.45) is 0.450. The van der Waals surface area contributed by atoms with E-state index in [1.807, 2.05) is 26.0 Å². The maximum Gasteiger partial charge on any atom is 0.322 e. The van der Waals surface area contributed by atoms with Gasteiger partial charge in [0.2, 0.25) is 15.9 Å². The monoisotopic (exact) mass is 432 g/mol. The van der Waals surface area contributed by atoms with Gasteiger partial charge >= 0.3 is 5.97 Å². The van der Waals surface area contributed by atoms with Crippen molar-refractivity contribution in [3.05, 3.63) is 48.5 Å². The number of hydrogen-bond donors (Lipinski definition) is 3. The molecule has 7 nitrogen and oxygen atoms in total. The molecule has 30 heavy (non-hydrogen) atoms. The minimum absolute atomic E-state index is 0.00396. The summed E-state index contributed by atoms with van der Waals surface area (Å²) in [7, 11) is -3.96. The molecule has 1 amide bonds. The molecule has 1 atom stereocenters. The van der Waals surface area contributed by atoms with E-state index in [1.165, 1.54) is 12.1 Å². The first kappa shape index (κ1) is 23.6. The molecular weight excluding hydrogens is 404 g/mol. The van der Waals surface area contributed by atoms with Crippen LogP contribution in [0.2, 0.25) is 0 Å². The van der Waals surface area contributed by atoms with Crippen LogP contribution in [0.3, 0.4) is 0 Å². The normalized spacial score (nSPS) is 12.7. The highest BCUT2D eigenvalue weighted by molar-refractivity contribution is 7.89. The Morgan fingerprint density at radius 2 is 1.40 bits per heavy atom. The van der Waals surface area contributed by atoms with Crippen molar-refractivity contribution >= 4 is 27.6 Å². The number of carbonyl (C=O) groups excluding carboxylic acids is 1. The molecule has 0 saturated heterocycles. The van der Waals surface area contributed by atoms with Crippen LogP contribution >= 0.6 is 0 Å². The number of carboxylic acids is 1. The predicted octanol–water partition coefficient (Wildman–Crippen LogP) is 3.73. The molecule has 2 aromatic carbocycles. The number of hydrogen-bond acceptors (Lipinski definition) is 4. The average Bonchev–Trinajstić information content (AvgIpc) is 2.66. The van der Waals surface area contributed by atoms with E-state index in [0.29, 0.717) is 12.1 Å². The summed E-state index contributed by atoms with van der Waals surface area (Å²) in [6, 6.07) is 12.3. The van der Waals surface area contributed by atoms with Crippen molar-refractivity contribution in [2.45, 2.75) is 45.1 Å². The van der Waals surface area contributed by atoms with Gasteiger partial charge in [0, 0.05) is 12.1 Å². The molecule has 0 radical (unpaired) electrons. The maximum atomic E-state index is 12.5. The molecule has 0 aliphatic rings. The second kappa shape index (κ2) is 9.86. The van der Waals surface area contributed by atoms with Gasteiger partial charge in [-0.3, -0.25) is 9.59 Å². The van der Waals surface area contributed by atoms with Gasteiger partial charge in [0.25, 0.3) is 0 Å². The van der Waals surface area contributed by atoms with Crippen LogP contribution in [0.1, 0.15) is 34.1 Å². The summed E-state index contributed by atoms with van der Waals surface area (Å²) >= 11 is 0. The zero-order chi connectivity index (χ0) is 22.5. The number of amides is 1. The first-order valence-corrected chi connectivity index (χ1v) is 11.2. The topological polar surface area (TPSA) is 113 Å². The van der Waals surface area contributed by atoms with Crippen LogP contribution in [-0.2, 0) is 19.6 Å². The third-order valence-electron chi connectivity index (χ3n) is 4.48. The molecule has 0 saturated carbocycles. The Hall–Kier alpha value is -2.71. The highest BCUT2D eigenvalue weighted by Gasteiger charge is 2.27. The largest absolute Gasteiger partial charge is 0.480 e. The van der Waals surface area contributed by atoms with E-state index < -0.39 is 28.0 Å². The number of aliphatic carboxylic acids is 1. The van der Waals surface area contributed by atoms with Crippen LogP contribution in [0.5, 0.6) is 0 Å². The second-order valence-electron chi connectivity index (χ2n) is 7.93. The summed E-state index contributed by atoms with van der Waals surface area (Å²) in [5.41, 5.74) is 2.35. The van der Waals surface area contributed by atoms with Crippen LogP contribution in [0.25, 0.3) is 11.1 Å². The third-order valence-corrected chi connectivity index (χ3v) is 5.93. The number of sulfonamides is 1. The Morgan fingerprint density at radius 3 is 1.83 bits per heavy atom. The van der Waals surface area contributed by atoms with Crippen molar-refractivity contribution in [2.24, 2.45) is 11.8 Å². The molecule has 0 heterocycles. The third kappa shape index (κ3) is 6.40. The van der Waals surface area contributed by atoms with E-state index >= 15 is 0 Å². The van der Waals surface area contributed by atoms with Crippen molar-refractivity contribution < 1.29 is 23.1 Å². The Balaban J connectivity index is 2.13. The number of nitrogens with one attached hydrogen (secondary N) is 2. The Morgan fingerprint density at radius 1 is 0.900 bits per heavy atom. The summed E-state index contributed by atoms with van der Waals surface area (Å²) in [5, 5.41) is 12.1. The minimum Gasteiger partial charge on any atom is -0.480 e. The summed E-state index contributed by atoms with van der Waals surface area (Å²) < 4.78 is 27.3. The fourth-order valence-corrected chi connectivity index (χ4v) is 4.20. The van der Waals surface area contributed by atoms with Crippen molar-refractivity contribution in [1.29, 1.82) is 0 Å². The van der Waals surface area contributed by atoms with Gasteiger partial charge in [0.05, 0.1) is 4.90 Å². The molecule has 0 aromatic heterocycles. The lowest BCUT2D eigenvalue weighted by Crippen LogP contribution is -2.44. The van der Waals surface area contributed by atoms with Crippen LogP contribution < -0.4 is 10.0 Å². The zero-order valence-electron chi connectivity index (χ0n) is 17.5. The van der Waals surface area contributed by atoms with E-state index in [4.69, 9.17) is 0 Å². The van der Waals surface area contributed by atoms with Crippen LogP contribution in [-0.4, -0.2) is 31.4 Å². The molecule has 3 N–H and O–H groups in total. The quantitative estimate of drug-likeness (QED) is 0.559. The average molecular weight is 433 g/mol. The van der Waals surface area contributed by atoms with Gasteiger partial charge in [0.15, 0.2) is 0 Å². The molecule has 2 aromatic rings. The molecular formula is C22H28N2O5S. The summed E-state index contributed by atoms with van der Waals surface area (Å²) in [6.45, 7) is 7.23. The second-order valence-corrected chi connectivity index (χ2v) is 9.64. The van der Waals surface area contributed by atoms with Crippen molar-refractivity contribution in [1.82, 2.24) is 4.72 Å². The smallest absolute Gasteiger partial charge is 0.322 e. The van der Waals surface area contributed by atoms with Crippen LogP contribution in [0.15, 0.2) is 53.4 Å². The molecule has 162 valence electrons. The Bertz CT molecular complexity index is 981. The predicted molar refractivity (Wildman–Crippen MR) is 117 cm³/mol. The van der Waals surface area contributed by atoms with Gasteiger partial charge in [0.1, 0.15) is 6.04 Å².